The van der Waals surface area contributed by atoms with E-state index >= 15 is 0 Å². The molecule has 0 aliphatic heterocycles. The van der Waals surface area contributed by atoms with Gasteiger partial charge in [0.25, 0.3) is 0 Å². The van der Waals surface area contributed by atoms with Gasteiger partial charge in [0.2, 0.25) is 0 Å². The molecule has 0 aliphatic rings. The van der Waals surface area contributed by atoms with Crippen LogP contribution in [0.15, 0.2) is 6.20 Å². The van der Waals surface area contributed by atoms with Crippen molar-refractivity contribution in [1.29, 1.82) is 0 Å². The van der Waals surface area contributed by atoms with E-state index in [9.17, 15) is 8.42 Å². The number of nitrogens with zero attached hydrogens (tertiary/aromatic N) is 2. The van der Waals surface area contributed by atoms with Crippen molar-refractivity contribution in [3.63, 3.8) is 0 Å². The predicted octanol–water partition coefficient (Wildman–Crippen LogP) is -1.06. The Bertz CT molecular complexity index is 332. The van der Waals surface area contributed by atoms with Gasteiger partial charge >= 0.3 is 0 Å². The third kappa shape index (κ3) is 4.58. The van der Waals surface area contributed by atoms with Gasteiger partial charge < -0.3 is 5.32 Å². The lowest BCUT2D eigenvalue weighted by Crippen LogP contribution is -2.22. The van der Waals surface area contributed by atoms with E-state index in [2.05, 4.69) is 20.7 Å². The van der Waals surface area contributed by atoms with E-state index in [4.69, 9.17) is 0 Å². The lowest BCUT2D eigenvalue weighted by Gasteiger charge is -1.99. The van der Waals surface area contributed by atoms with Gasteiger partial charge in [0, 0.05) is 19.3 Å². The van der Waals surface area contributed by atoms with Crippen molar-refractivity contribution in [1.82, 2.24) is 20.7 Å². The summed E-state index contributed by atoms with van der Waals surface area (Å²) in [6.45, 7) is 0.970. The maximum Gasteiger partial charge on any atom is 0.148 e. The predicted molar refractivity (Wildman–Crippen MR) is 47.8 cm³/mol. The fourth-order valence-electron chi connectivity index (χ4n) is 0.785. The lowest BCUT2D eigenvalue weighted by molar-refractivity contribution is 0.595. The van der Waals surface area contributed by atoms with Gasteiger partial charge in [-0.1, -0.05) is 0 Å². The average Bonchev–Trinajstić information content (AvgIpc) is 2.48. The zero-order chi connectivity index (χ0) is 9.73. The number of H-pyrrole nitrogens is 1. The summed E-state index contributed by atoms with van der Waals surface area (Å²) >= 11 is 0. The summed E-state index contributed by atoms with van der Waals surface area (Å²) < 4.78 is 21.4. The molecule has 13 heavy (non-hydrogen) atoms. The minimum absolute atomic E-state index is 0.144. The minimum Gasteiger partial charge on any atom is -0.310 e. The van der Waals surface area contributed by atoms with E-state index in [0.717, 1.165) is 5.69 Å². The molecule has 0 saturated carbocycles. The summed E-state index contributed by atoms with van der Waals surface area (Å²) in [7, 11) is -2.87. The Morgan fingerprint density at radius 2 is 2.38 bits per heavy atom. The van der Waals surface area contributed by atoms with Gasteiger partial charge in [-0.3, -0.25) is 0 Å². The topological polar surface area (TPSA) is 87.7 Å². The second-order valence-corrected chi connectivity index (χ2v) is 5.03. The van der Waals surface area contributed by atoms with Gasteiger partial charge in [-0.25, -0.2) is 8.42 Å². The van der Waals surface area contributed by atoms with Crippen LogP contribution >= 0.6 is 0 Å². The molecule has 0 amide bonds. The molecule has 0 radical (unpaired) electrons. The van der Waals surface area contributed by atoms with Crippen LogP contribution in [0.1, 0.15) is 5.69 Å². The fraction of sp³-hybridized carbons (Fsp3) is 0.667. The molecule has 0 bridgehead atoms. The summed E-state index contributed by atoms with van der Waals surface area (Å²) in [5.74, 6) is 0.144. The third-order valence-corrected chi connectivity index (χ3v) is 2.37. The highest BCUT2D eigenvalue weighted by molar-refractivity contribution is 7.90. The Balaban J connectivity index is 2.16. The number of hydrogen-bond donors (Lipinski definition) is 2. The molecule has 0 saturated heterocycles. The van der Waals surface area contributed by atoms with Crippen LogP contribution in [-0.4, -0.2) is 42.4 Å². The number of hydrogen-bond acceptors (Lipinski definition) is 5. The molecule has 0 atom stereocenters. The highest BCUT2D eigenvalue weighted by Crippen LogP contribution is 1.86. The van der Waals surface area contributed by atoms with Crippen LogP contribution < -0.4 is 5.32 Å². The highest BCUT2D eigenvalue weighted by Gasteiger charge is 2.01. The largest absolute Gasteiger partial charge is 0.310 e. The van der Waals surface area contributed by atoms with Gasteiger partial charge in [0.15, 0.2) is 0 Å². The fourth-order valence-corrected chi connectivity index (χ4v) is 1.30. The van der Waals surface area contributed by atoms with Crippen LogP contribution in [0, 0.1) is 0 Å². The van der Waals surface area contributed by atoms with Crippen molar-refractivity contribution < 1.29 is 8.42 Å². The summed E-state index contributed by atoms with van der Waals surface area (Å²) in [6.07, 6.45) is 2.80. The van der Waals surface area contributed by atoms with Gasteiger partial charge in [-0.05, 0) is 0 Å². The first-order chi connectivity index (χ1) is 6.08. The number of nitrogens with one attached hydrogen (secondary N) is 2. The molecule has 0 aromatic carbocycles. The molecule has 2 N–H and O–H groups in total. The first-order valence-electron chi connectivity index (χ1n) is 3.81. The van der Waals surface area contributed by atoms with Gasteiger partial charge in [0.05, 0.1) is 17.6 Å². The molecular formula is C6H12N4O2S. The SMILES string of the molecule is CS(=O)(=O)CCNCc1cn[nH]n1. The Morgan fingerprint density at radius 1 is 1.62 bits per heavy atom. The van der Waals surface area contributed by atoms with Crippen molar-refractivity contribution in [3.05, 3.63) is 11.9 Å². The van der Waals surface area contributed by atoms with Crippen LogP contribution in [0.3, 0.4) is 0 Å². The number of aromatic nitrogens is 3. The molecule has 6 nitrogen and oxygen atoms in total. The quantitative estimate of drug-likeness (QED) is 0.597. The van der Waals surface area contributed by atoms with Crippen LogP contribution in [0.4, 0.5) is 0 Å². The van der Waals surface area contributed by atoms with E-state index in [0.29, 0.717) is 13.1 Å². The second-order valence-electron chi connectivity index (χ2n) is 2.77. The summed E-state index contributed by atoms with van der Waals surface area (Å²) in [6, 6.07) is 0. The van der Waals surface area contributed by atoms with Crippen LogP contribution in [0.2, 0.25) is 0 Å². The molecule has 1 heterocycles. The monoisotopic (exact) mass is 204 g/mol. The van der Waals surface area contributed by atoms with Gasteiger partial charge in [-0.2, -0.15) is 15.4 Å². The van der Waals surface area contributed by atoms with Crippen LogP contribution in [0.5, 0.6) is 0 Å². The minimum atomic E-state index is -2.87. The lowest BCUT2D eigenvalue weighted by atomic mass is 10.5. The maximum absolute atomic E-state index is 10.7. The van der Waals surface area contributed by atoms with Crippen LogP contribution in [-0.2, 0) is 16.4 Å². The molecular weight excluding hydrogens is 192 g/mol. The first kappa shape index (κ1) is 10.1. The smallest absolute Gasteiger partial charge is 0.148 e. The molecule has 74 valence electrons. The molecule has 0 fully saturated rings. The van der Waals surface area contributed by atoms with E-state index in [1.165, 1.54) is 6.26 Å². The standard InChI is InChI=1S/C6H12N4O2S/c1-13(11,12)3-2-7-4-6-5-8-10-9-6/h5,7H,2-4H2,1H3,(H,8,9,10). The average molecular weight is 204 g/mol. The number of sulfone groups is 1. The normalized spacial score (nSPS) is 11.8. The number of rotatable bonds is 5. The molecule has 7 heteroatoms. The van der Waals surface area contributed by atoms with E-state index < -0.39 is 9.84 Å². The van der Waals surface area contributed by atoms with Gasteiger partial charge in [-0.15, -0.1) is 0 Å². The molecule has 1 aromatic heterocycles. The Hall–Kier alpha value is -0.950. The van der Waals surface area contributed by atoms with Crippen molar-refractivity contribution in [2.75, 3.05) is 18.6 Å². The Kier molecular flexibility index (Phi) is 3.38. The molecule has 0 spiro atoms. The third-order valence-electron chi connectivity index (χ3n) is 1.42. The van der Waals surface area contributed by atoms with Crippen molar-refractivity contribution >= 4 is 9.84 Å². The Morgan fingerprint density at radius 3 is 2.92 bits per heavy atom. The Labute approximate surface area is 76.7 Å². The van der Waals surface area contributed by atoms with E-state index in [1.54, 1.807) is 6.20 Å². The zero-order valence-corrected chi connectivity index (χ0v) is 8.13. The number of aromatic amines is 1. The molecule has 1 aromatic rings. The van der Waals surface area contributed by atoms with Crippen molar-refractivity contribution in [2.24, 2.45) is 0 Å². The molecule has 1 rings (SSSR count). The van der Waals surface area contributed by atoms with Crippen molar-refractivity contribution in [2.45, 2.75) is 6.54 Å². The zero-order valence-electron chi connectivity index (χ0n) is 7.32. The van der Waals surface area contributed by atoms with Crippen LogP contribution in [0.25, 0.3) is 0 Å². The summed E-state index contributed by atoms with van der Waals surface area (Å²) in [5, 5.41) is 12.8. The maximum atomic E-state index is 10.7. The second kappa shape index (κ2) is 4.33. The molecule has 0 aliphatic carbocycles. The van der Waals surface area contributed by atoms with E-state index in [-0.39, 0.29) is 5.75 Å². The first-order valence-corrected chi connectivity index (χ1v) is 5.87. The van der Waals surface area contributed by atoms with Gasteiger partial charge in [0.1, 0.15) is 9.84 Å². The summed E-state index contributed by atoms with van der Waals surface area (Å²) in [5.41, 5.74) is 0.772. The molecule has 0 unspecified atom stereocenters. The highest BCUT2D eigenvalue weighted by atomic mass is 32.2. The van der Waals surface area contributed by atoms with Crippen molar-refractivity contribution in [3.8, 4) is 0 Å². The summed E-state index contributed by atoms with van der Waals surface area (Å²) in [4.78, 5) is 0. The van der Waals surface area contributed by atoms with E-state index in [1.807, 2.05) is 0 Å².